The molecule has 0 unspecified atom stereocenters. The molecular formula is C19H12N2O. The lowest BCUT2D eigenvalue weighted by molar-refractivity contribution is -0.109. The average molecular weight is 284 g/mol. The number of nitrogens with zero attached hydrogens (tertiary/aromatic N) is 1. The molecule has 22 heavy (non-hydrogen) atoms. The van der Waals surface area contributed by atoms with Crippen LogP contribution in [0, 0.1) is 16.7 Å². The van der Waals surface area contributed by atoms with E-state index < -0.39 is 5.78 Å². The molecule has 3 rings (SSSR count). The van der Waals surface area contributed by atoms with Crippen LogP contribution in [0.15, 0.2) is 60.2 Å². The van der Waals surface area contributed by atoms with Gasteiger partial charge >= 0.3 is 0 Å². The Morgan fingerprint density at radius 1 is 1.00 bits per heavy atom. The number of carbonyl (C=O) groups is 1. The highest BCUT2D eigenvalue weighted by atomic mass is 16.1. The van der Waals surface area contributed by atoms with Gasteiger partial charge in [-0.15, -0.1) is 0 Å². The Kier molecular flexibility index (Phi) is 3.51. The van der Waals surface area contributed by atoms with Crippen molar-refractivity contribution in [3.63, 3.8) is 0 Å². The van der Waals surface area contributed by atoms with Gasteiger partial charge in [-0.2, -0.15) is 5.26 Å². The SMILES string of the molecule is N#CC(=Cc1c2ccccc2cc2ccccc12)C(=O)C=N. The maximum Gasteiger partial charge on any atom is 0.213 e. The van der Waals surface area contributed by atoms with Crippen LogP contribution in [-0.2, 0) is 4.79 Å². The van der Waals surface area contributed by atoms with Gasteiger partial charge in [-0.05, 0) is 39.3 Å². The summed E-state index contributed by atoms with van der Waals surface area (Å²) in [6.07, 6.45) is 2.25. The first-order valence-electron chi connectivity index (χ1n) is 6.81. The molecule has 0 radical (unpaired) electrons. The van der Waals surface area contributed by atoms with Gasteiger partial charge < -0.3 is 5.41 Å². The fourth-order valence-corrected chi connectivity index (χ4v) is 2.59. The minimum Gasteiger partial charge on any atom is -0.305 e. The Morgan fingerprint density at radius 3 is 2.05 bits per heavy atom. The van der Waals surface area contributed by atoms with Crippen molar-refractivity contribution in [1.29, 1.82) is 10.7 Å². The Labute approximate surface area is 127 Å². The van der Waals surface area contributed by atoms with Gasteiger partial charge in [0.2, 0.25) is 5.78 Å². The predicted octanol–water partition coefficient (Wildman–Crippen LogP) is 4.12. The first-order valence-corrected chi connectivity index (χ1v) is 6.81. The summed E-state index contributed by atoms with van der Waals surface area (Å²) < 4.78 is 0. The van der Waals surface area contributed by atoms with Crippen molar-refractivity contribution >= 4 is 39.6 Å². The zero-order valence-corrected chi connectivity index (χ0v) is 11.7. The molecule has 0 atom stereocenters. The van der Waals surface area contributed by atoms with E-state index in [4.69, 9.17) is 5.41 Å². The van der Waals surface area contributed by atoms with Gasteiger partial charge in [0.05, 0.1) is 6.21 Å². The topological polar surface area (TPSA) is 64.7 Å². The van der Waals surface area contributed by atoms with E-state index in [1.165, 1.54) is 0 Å². The highest BCUT2D eigenvalue weighted by Gasteiger charge is 2.10. The maximum atomic E-state index is 11.7. The molecular weight excluding hydrogens is 272 g/mol. The van der Waals surface area contributed by atoms with E-state index in [0.717, 1.165) is 27.1 Å². The first-order chi connectivity index (χ1) is 10.7. The van der Waals surface area contributed by atoms with Crippen molar-refractivity contribution in [1.82, 2.24) is 0 Å². The molecule has 0 aliphatic rings. The second kappa shape index (κ2) is 5.63. The second-order valence-corrected chi connectivity index (χ2v) is 4.91. The smallest absolute Gasteiger partial charge is 0.213 e. The number of benzene rings is 3. The van der Waals surface area contributed by atoms with E-state index in [1.54, 1.807) is 6.08 Å². The number of nitriles is 1. The molecule has 104 valence electrons. The molecule has 3 heteroatoms. The van der Waals surface area contributed by atoms with Crippen molar-refractivity contribution in [2.75, 3.05) is 0 Å². The predicted molar refractivity (Wildman–Crippen MR) is 88.8 cm³/mol. The monoisotopic (exact) mass is 284 g/mol. The number of Topliss-reactive ketones (excluding diaryl/α,β-unsaturated/α-hetero) is 1. The molecule has 3 nitrogen and oxygen atoms in total. The summed E-state index contributed by atoms with van der Waals surface area (Å²) in [6, 6.07) is 19.7. The molecule has 0 heterocycles. The third-order valence-electron chi connectivity index (χ3n) is 3.62. The van der Waals surface area contributed by atoms with Gasteiger partial charge in [0.25, 0.3) is 0 Å². The lowest BCUT2D eigenvalue weighted by atomic mass is 9.95. The number of carbonyl (C=O) groups excluding carboxylic acids is 1. The Morgan fingerprint density at radius 2 is 1.55 bits per heavy atom. The molecule has 0 amide bonds. The average Bonchev–Trinajstić information content (AvgIpc) is 2.58. The van der Waals surface area contributed by atoms with Crippen LogP contribution in [0.1, 0.15) is 5.56 Å². The second-order valence-electron chi connectivity index (χ2n) is 4.91. The largest absolute Gasteiger partial charge is 0.305 e. The Hall–Kier alpha value is -3.25. The van der Waals surface area contributed by atoms with E-state index >= 15 is 0 Å². The zero-order valence-electron chi connectivity index (χ0n) is 11.7. The molecule has 0 fully saturated rings. The number of nitrogens with one attached hydrogen (secondary N) is 1. The lowest BCUT2D eigenvalue weighted by Gasteiger charge is -2.08. The van der Waals surface area contributed by atoms with E-state index in [0.29, 0.717) is 6.21 Å². The molecule has 3 aromatic carbocycles. The van der Waals surface area contributed by atoms with E-state index in [2.05, 4.69) is 6.07 Å². The van der Waals surface area contributed by atoms with Crippen LogP contribution in [-0.4, -0.2) is 12.0 Å². The molecule has 0 bridgehead atoms. The van der Waals surface area contributed by atoms with Gasteiger partial charge in [-0.3, -0.25) is 4.79 Å². The molecule has 0 aliphatic heterocycles. The molecule has 0 saturated heterocycles. The van der Waals surface area contributed by atoms with E-state index in [9.17, 15) is 10.1 Å². The fraction of sp³-hybridized carbons (Fsp3) is 0. The first kappa shape index (κ1) is 13.7. The minimum atomic E-state index is -0.584. The summed E-state index contributed by atoms with van der Waals surface area (Å²) in [6.45, 7) is 0. The van der Waals surface area contributed by atoms with Crippen LogP contribution >= 0.6 is 0 Å². The zero-order chi connectivity index (χ0) is 15.5. The lowest BCUT2D eigenvalue weighted by Crippen LogP contribution is -2.01. The van der Waals surface area contributed by atoms with Crippen molar-refractivity contribution in [2.24, 2.45) is 0 Å². The number of fused-ring (bicyclic) bond motifs is 2. The van der Waals surface area contributed by atoms with Gasteiger partial charge in [0.1, 0.15) is 11.6 Å². The van der Waals surface area contributed by atoms with Crippen LogP contribution in [0.3, 0.4) is 0 Å². The molecule has 0 aromatic heterocycles. The minimum absolute atomic E-state index is 0.0310. The Bertz CT molecular complexity index is 924. The molecule has 0 saturated carbocycles. The molecule has 1 N–H and O–H groups in total. The van der Waals surface area contributed by atoms with Crippen LogP contribution in [0.2, 0.25) is 0 Å². The normalized spacial score (nSPS) is 11.3. The van der Waals surface area contributed by atoms with Crippen molar-refractivity contribution < 1.29 is 4.79 Å². The summed E-state index contributed by atoms with van der Waals surface area (Å²) in [5.41, 5.74) is 0.803. The van der Waals surface area contributed by atoms with Crippen molar-refractivity contribution in [3.8, 4) is 6.07 Å². The van der Waals surface area contributed by atoms with Crippen LogP contribution in [0.4, 0.5) is 0 Å². The number of allylic oxidation sites excluding steroid dienone is 1. The summed E-state index contributed by atoms with van der Waals surface area (Å²) in [4.78, 5) is 11.7. The van der Waals surface area contributed by atoms with Crippen molar-refractivity contribution in [2.45, 2.75) is 0 Å². The number of hydrogen-bond donors (Lipinski definition) is 1. The maximum absolute atomic E-state index is 11.7. The standard InChI is InChI=1S/C19H12N2O/c20-11-15(19(22)12-21)10-18-16-7-3-1-5-13(16)9-14-6-2-4-8-17(14)18/h1-10,12,21H. The highest BCUT2D eigenvalue weighted by Crippen LogP contribution is 2.30. The third-order valence-corrected chi connectivity index (χ3v) is 3.62. The molecule has 0 spiro atoms. The Balaban J connectivity index is 2.43. The highest BCUT2D eigenvalue weighted by molar-refractivity contribution is 6.37. The summed E-state index contributed by atoms with van der Waals surface area (Å²) in [5, 5.41) is 20.3. The summed E-state index contributed by atoms with van der Waals surface area (Å²) in [7, 11) is 0. The van der Waals surface area contributed by atoms with Crippen LogP contribution in [0.5, 0.6) is 0 Å². The van der Waals surface area contributed by atoms with Gasteiger partial charge in [-0.25, -0.2) is 0 Å². The van der Waals surface area contributed by atoms with Crippen LogP contribution in [0.25, 0.3) is 27.6 Å². The third kappa shape index (κ3) is 2.27. The van der Waals surface area contributed by atoms with E-state index in [-0.39, 0.29) is 5.57 Å². The number of hydrogen-bond acceptors (Lipinski definition) is 3. The number of ketones is 1. The summed E-state index contributed by atoms with van der Waals surface area (Å²) >= 11 is 0. The molecule has 0 aliphatic carbocycles. The van der Waals surface area contributed by atoms with Gasteiger partial charge in [-0.1, -0.05) is 48.5 Å². The van der Waals surface area contributed by atoms with Gasteiger partial charge in [0.15, 0.2) is 0 Å². The van der Waals surface area contributed by atoms with Gasteiger partial charge in [0, 0.05) is 0 Å². The van der Waals surface area contributed by atoms with Crippen molar-refractivity contribution in [3.05, 3.63) is 65.7 Å². The number of rotatable bonds is 3. The summed E-state index contributed by atoms with van der Waals surface area (Å²) in [5.74, 6) is -0.584. The fourth-order valence-electron chi connectivity index (χ4n) is 2.59. The quantitative estimate of drug-likeness (QED) is 0.340. The molecule has 3 aromatic rings. The van der Waals surface area contributed by atoms with E-state index in [1.807, 2.05) is 54.6 Å². The van der Waals surface area contributed by atoms with Crippen LogP contribution < -0.4 is 0 Å².